The van der Waals surface area contributed by atoms with Gasteiger partial charge in [0.15, 0.2) is 0 Å². The molecule has 0 radical (unpaired) electrons. The first-order chi connectivity index (χ1) is 9.74. The summed E-state index contributed by atoms with van der Waals surface area (Å²) >= 11 is 0. The average molecular weight is 274 g/mol. The van der Waals surface area contributed by atoms with Crippen molar-refractivity contribution >= 4 is 0 Å². The maximum absolute atomic E-state index is 6.25. The molecule has 3 rings (SSSR count). The molecule has 1 heterocycles. The number of nitrogens with two attached hydrogens (primary N) is 1. The van der Waals surface area contributed by atoms with Crippen molar-refractivity contribution in [2.24, 2.45) is 11.1 Å². The van der Waals surface area contributed by atoms with Crippen LogP contribution in [0.1, 0.15) is 55.8 Å². The molecule has 1 fully saturated rings. The van der Waals surface area contributed by atoms with Crippen molar-refractivity contribution < 1.29 is 4.74 Å². The molecular weight excluding hydrogens is 248 g/mol. The van der Waals surface area contributed by atoms with Crippen molar-refractivity contribution in [3.8, 4) is 0 Å². The largest absolute Gasteiger partial charge is 0.381 e. The number of rotatable bonds is 4. The Labute approximate surface area is 121 Å². The fourth-order valence-electron chi connectivity index (χ4n) is 3.67. The van der Waals surface area contributed by atoms with Gasteiger partial charge in [0.25, 0.3) is 0 Å². The van der Waals surface area contributed by atoms with E-state index in [0.29, 0.717) is 11.5 Å². The van der Waals surface area contributed by atoms with E-state index in [4.69, 9.17) is 10.5 Å². The number of hydrogen-bond donors (Lipinski definition) is 2. The Morgan fingerprint density at radius 1 is 1.25 bits per heavy atom. The Morgan fingerprint density at radius 2 is 1.95 bits per heavy atom. The van der Waals surface area contributed by atoms with Crippen LogP contribution in [0.15, 0.2) is 24.3 Å². The molecule has 1 aromatic rings. The number of fused-ring (bicyclic) bond motifs is 1. The highest BCUT2D eigenvalue weighted by molar-refractivity contribution is 5.37. The first-order valence-electron chi connectivity index (χ1n) is 7.90. The van der Waals surface area contributed by atoms with Gasteiger partial charge in [0, 0.05) is 31.8 Å². The molecule has 3 heteroatoms. The third-order valence-corrected chi connectivity index (χ3v) is 5.29. The van der Waals surface area contributed by atoms with E-state index in [1.165, 1.54) is 30.4 Å². The molecule has 1 aromatic carbocycles. The van der Waals surface area contributed by atoms with Crippen LogP contribution in [0.2, 0.25) is 0 Å². The summed E-state index contributed by atoms with van der Waals surface area (Å²) in [4.78, 5) is 0. The minimum absolute atomic E-state index is 0.191. The van der Waals surface area contributed by atoms with E-state index in [1.54, 1.807) is 0 Å². The van der Waals surface area contributed by atoms with Crippen molar-refractivity contribution in [1.82, 2.24) is 5.32 Å². The lowest BCUT2D eigenvalue weighted by molar-refractivity contribution is 0.0114. The zero-order chi connectivity index (χ0) is 14.0. The Hall–Kier alpha value is -0.900. The average Bonchev–Trinajstić information content (AvgIpc) is 2.83. The summed E-state index contributed by atoms with van der Waals surface area (Å²) in [5, 5.41) is 3.79. The first-order valence-corrected chi connectivity index (χ1v) is 7.90. The second-order valence-electron chi connectivity index (χ2n) is 6.37. The molecule has 3 nitrogen and oxygen atoms in total. The zero-order valence-corrected chi connectivity index (χ0v) is 12.4. The zero-order valence-electron chi connectivity index (χ0n) is 12.4. The predicted octanol–water partition coefficient (Wildman–Crippen LogP) is 2.93. The summed E-state index contributed by atoms with van der Waals surface area (Å²) in [6.07, 6.45) is 4.60. The Bertz CT molecular complexity index is 454. The van der Waals surface area contributed by atoms with Gasteiger partial charge in [0.05, 0.1) is 0 Å². The molecule has 20 heavy (non-hydrogen) atoms. The molecule has 0 amide bonds. The Balaban J connectivity index is 1.67. The predicted molar refractivity (Wildman–Crippen MR) is 81.5 cm³/mol. The summed E-state index contributed by atoms with van der Waals surface area (Å²) in [6, 6.07) is 9.22. The smallest absolute Gasteiger partial charge is 0.0471 e. The van der Waals surface area contributed by atoms with E-state index in [9.17, 15) is 0 Å². The van der Waals surface area contributed by atoms with E-state index in [1.807, 2.05) is 0 Å². The van der Waals surface area contributed by atoms with Crippen molar-refractivity contribution in [3.05, 3.63) is 35.4 Å². The summed E-state index contributed by atoms with van der Waals surface area (Å²) < 4.78 is 5.52. The van der Waals surface area contributed by atoms with E-state index in [-0.39, 0.29) is 6.04 Å². The first kappa shape index (κ1) is 14.1. The molecule has 1 aliphatic heterocycles. The van der Waals surface area contributed by atoms with Crippen LogP contribution in [-0.4, -0.2) is 19.8 Å². The third kappa shape index (κ3) is 2.62. The van der Waals surface area contributed by atoms with E-state index >= 15 is 0 Å². The lowest BCUT2D eigenvalue weighted by Crippen LogP contribution is -2.39. The molecule has 0 aromatic heterocycles. The van der Waals surface area contributed by atoms with Gasteiger partial charge in [0.1, 0.15) is 0 Å². The Kier molecular flexibility index (Phi) is 4.11. The standard InChI is InChI=1S/C17H26N2O/c1-2-17(7-9-20-10-8-17)12-19-16-11-15(18)13-5-3-4-6-14(13)16/h3-6,15-16,19H,2,7-12,18H2,1H3. The maximum atomic E-state index is 6.25. The van der Waals surface area contributed by atoms with Gasteiger partial charge in [-0.3, -0.25) is 0 Å². The molecule has 1 saturated heterocycles. The van der Waals surface area contributed by atoms with Crippen LogP contribution in [0.25, 0.3) is 0 Å². The molecule has 2 aliphatic rings. The quantitative estimate of drug-likeness (QED) is 0.887. The van der Waals surface area contributed by atoms with Crippen LogP contribution in [0.3, 0.4) is 0 Å². The topological polar surface area (TPSA) is 47.3 Å². The normalized spacial score (nSPS) is 28.3. The monoisotopic (exact) mass is 274 g/mol. The number of benzene rings is 1. The van der Waals surface area contributed by atoms with E-state index in [2.05, 4.69) is 36.5 Å². The summed E-state index contributed by atoms with van der Waals surface area (Å²) in [5.41, 5.74) is 9.39. The fourth-order valence-corrected chi connectivity index (χ4v) is 3.67. The van der Waals surface area contributed by atoms with Gasteiger partial charge in [-0.25, -0.2) is 0 Å². The molecule has 2 unspecified atom stereocenters. The third-order valence-electron chi connectivity index (χ3n) is 5.29. The van der Waals surface area contributed by atoms with Gasteiger partial charge in [-0.15, -0.1) is 0 Å². The number of ether oxygens (including phenoxy) is 1. The van der Waals surface area contributed by atoms with Gasteiger partial charge in [-0.2, -0.15) is 0 Å². The number of hydrogen-bond acceptors (Lipinski definition) is 3. The lowest BCUT2D eigenvalue weighted by Gasteiger charge is -2.37. The fraction of sp³-hybridized carbons (Fsp3) is 0.647. The van der Waals surface area contributed by atoms with Crippen LogP contribution in [0.5, 0.6) is 0 Å². The minimum atomic E-state index is 0.191. The molecule has 0 spiro atoms. The van der Waals surface area contributed by atoms with Crippen LogP contribution in [0, 0.1) is 5.41 Å². The van der Waals surface area contributed by atoms with Crippen LogP contribution in [0.4, 0.5) is 0 Å². The highest BCUT2D eigenvalue weighted by Crippen LogP contribution is 2.39. The summed E-state index contributed by atoms with van der Waals surface area (Å²) in [7, 11) is 0. The molecule has 0 bridgehead atoms. The summed E-state index contributed by atoms with van der Waals surface area (Å²) in [5.74, 6) is 0. The highest BCUT2D eigenvalue weighted by Gasteiger charge is 2.33. The second kappa shape index (κ2) is 5.84. The molecule has 0 saturated carbocycles. The van der Waals surface area contributed by atoms with Crippen molar-refractivity contribution in [2.45, 2.75) is 44.7 Å². The molecule has 110 valence electrons. The minimum Gasteiger partial charge on any atom is -0.381 e. The highest BCUT2D eigenvalue weighted by atomic mass is 16.5. The van der Waals surface area contributed by atoms with Gasteiger partial charge >= 0.3 is 0 Å². The van der Waals surface area contributed by atoms with Crippen LogP contribution >= 0.6 is 0 Å². The van der Waals surface area contributed by atoms with Gasteiger partial charge in [-0.05, 0) is 42.2 Å². The molecule has 3 N–H and O–H groups in total. The Morgan fingerprint density at radius 3 is 2.65 bits per heavy atom. The lowest BCUT2D eigenvalue weighted by atomic mass is 9.77. The van der Waals surface area contributed by atoms with Gasteiger partial charge in [0.2, 0.25) is 0 Å². The summed E-state index contributed by atoms with van der Waals surface area (Å²) in [6.45, 7) is 5.21. The molecule has 2 atom stereocenters. The second-order valence-corrected chi connectivity index (χ2v) is 6.37. The van der Waals surface area contributed by atoms with Gasteiger partial charge in [-0.1, -0.05) is 31.2 Å². The van der Waals surface area contributed by atoms with Gasteiger partial charge < -0.3 is 15.8 Å². The van der Waals surface area contributed by atoms with Crippen LogP contribution < -0.4 is 11.1 Å². The van der Waals surface area contributed by atoms with E-state index < -0.39 is 0 Å². The van der Waals surface area contributed by atoms with E-state index in [0.717, 1.165) is 26.2 Å². The molecular formula is C17H26N2O. The van der Waals surface area contributed by atoms with Crippen molar-refractivity contribution in [1.29, 1.82) is 0 Å². The van der Waals surface area contributed by atoms with Crippen molar-refractivity contribution in [3.63, 3.8) is 0 Å². The van der Waals surface area contributed by atoms with Crippen LogP contribution in [-0.2, 0) is 4.74 Å². The SMILES string of the molecule is CCC1(CNC2CC(N)c3ccccc32)CCOCC1. The van der Waals surface area contributed by atoms with Crippen molar-refractivity contribution in [2.75, 3.05) is 19.8 Å². The molecule has 1 aliphatic carbocycles. The number of nitrogens with one attached hydrogen (secondary N) is 1. The maximum Gasteiger partial charge on any atom is 0.0471 e.